The lowest BCUT2D eigenvalue weighted by molar-refractivity contribution is -0.192. The third kappa shape index (κ3) is 7.19. The van der Waals surface area contributed by atoms with E-state index in [0.717, 1.165) is 37.8 Å². The SMILES string of the molecule is O=C(O)C(F)(F)F.O[C@@H]1C[C@@H]2COCCCCc3c(Cl)cc4[nH]ncc4c3-c3ncc4c(nc(OC[C@@]56CCCN5C[C@H](F)C6)nc4c3F)N(C1)C2. The van der Waals surface area contributed by atoms with Crippen LogP contribution in [0.3, 0.4) is 0 Å². The van der Waals surface area contributed by atoms with E-state index in [9.17, 15) is 22.7 Å². The zero-order chi connectivity index (χ0) is 36.8. The van der Waals surface area contributed by atoms with Crippen LogP contribution in [0.2, 0.25) is 5.02 Å². The zero-order valence-corrected chi connectivity index (χ0v) is 28.7. The maximum atomic E-state index is 17.0. The van der Waals surface area contributed by atoms with Gasteiger partial charge in [-0.05, 0) is 56.7 Å². The number of halogens is 6. The third-order valence-electron chi connectivity index (χ3n) is 10.3. The number of hydrogen-bond donors (Lipinski definition) is 3. The third-order valence-corrected chi connectivity index (χ3v) is 10.6. The molecule has 3 saturated heterocycles. The summed E-state index contributed by atoms with van der Waals surface area (Å²) in [6, 6.07) is 1.84. The minimum atomic E-state index is -5.08. The number of nitrogens with one attached hydrogen (secondary N) is 1. The fourth-order valence-electron chi connectivity index (χ4n) is 7.99. The summed E-state index contributed by atoms with van der Waals surface area (Å²) < 4.78 is 75.5. The predicted molar refractivity (Wildman–Crippen MR) is 180 cm³/mol. The van der Waals surface area contributed by atoms with Gasteiger partial charge < -0.3 is 24.6 Å². The van der Waals surface area contributed by atoms with E-state index in [-0.39, 0.29) is 29.7 Å². The summed E-state index contributed by atoms with van der Waals surface area (Å²) in [6.07, 6.45) is 1.67. The van der Waals surface area contributed by atoms with Gasteiger partial charge in [0, 0.05) is 60.7 Å². The van der Waals surface area contributed by atoms with Crippen LogP contribution in [0.25, 0.3) is 33.1 Å². The number of carboxylic acids is 1. The Labute approximate surface area is 299 Å². The number of alkyl halides is 4. The lowest BCUT2D eigenvalue weighted by atomic mass is 9.94. The van der Waals surface area contributed by atoms with Crippen LogP contribution >= 0.6 is 11.6 Å². The number of benzene rings is 1. The van der Waals surface area contributed by atoms with Crippen molar-refractivity contribution in [2.24, 2.45) is 5.92 Å². The van der Waals surface area contributed by atoms with E-state index < -0.39 is 35.8 Å². The van der Waals surface area contributed by atoms with Crippen molar-refractivity contribution in [2.45, 2.75) is 68.9 Å². The fourth-order valence-corrected chi connectivity index (χ4v) is 8.29. The van der Waals surface area contributed by atoms with E-state index >= 15 is 4.39 Å². The van der Waals surface area contributed by atoms with Gasteiger partial charge in [0.15, 0.2) is 5.82 Å². The van der Waals surface area contributed by atoms with Crippen LogP contribution in [-0.2, 0) is 16.0 Å². The lowest BCUT2D eigenvalue weighted by Crippen LogP contribution is -2.45. The molecule has 0 saturated carbocycles. The first kappa shape index (κ1) is 36.4. The first-order chi connectivity index (χ1) is 24.8. The summed E-state index contributed by atoms with van der Waals surface area (Å²) in [7, 11) is 0. The van der Waals surface area contributed by atoms with Crippen molar-refractivity contribution < 1.29 is 46.4 Å². The van der Waals surface area contributed by atoms with Crippen LogP contribution in [-0.4, -0.2) is 116 Å². The lowest BCUT2D eigenvalue weighted by Gasteiger charge is -2.37. The minimum Gasteiger partial charge on any atom is -0.475 e. The average Bonchev–Trinajstić information content (AvgIpc) is 3.79. The number of fused-ring (bicyclic) bond motifs is 8. The number of aliphatic hydroxyl groups excluding tert-OH is 1. The summed E-state index contributed by atoms with van der Waals surface area (Å²) in [5, 5.41) is 26.8. The van der Waals surface area contributed by atoms with Crippen molar-refractivity contribution >= 4 is 45.2 Å². The summed E-state index contributed by atoms with van der Waals surface area (Å²) >= 11 is 6.81. The number of aromatic nitrogens is 5. The van der Waals surface area contributed by atoms with Gasteiger partial charge in [-0.3, -0.25) is 15.0 Å². The van der Waals surface area contributed by atoms with E-state index in [4.69, 9.17) is 36.0 Å². The second-order valence-corrected chi connectivity index (χ2v) is 14.3. The molecular weight excluding hydrogens is 717 g/mol. The number of hydrogen-bond acceptors (Lipinski definition) is 10. The van der Waals surface area contributed by atoms with Gasteiger partial charge in [0.2, 0.25) is 0 Å². The Balaban J connectivity index is 0.000000548. The first-order valence-corrected chi connectivity index (χ1v) is 17.5. The Kier molecular flexibility index (Phi) is 10.1. The molecule has 3 aromatic heterocycles. The van der Waals surface area contributed by atoms with Crippen LogP contribution in [0.1, 0.15) is 44.1 Å². The number of rotatable bonds is 3. The number of ether oxygens (including phenoxy) is 2. The van der Waals surface area contributed by atoms with Gasteiger partial charge in [0.1, 0.15) is 29.8 Å². The number of anilines is 1. The van der Waals surface area contributed by atoms with Gasteiger partial charge in [0.05, 0.1) is 35.3 Å². The molecule has 0 amide bonds. The van der Waals surface area contributed by atoms with Gasteiger partial charge >= 0.3 is 18.2 Å². The van der Waals surface area contributed by atoms with E-state index in [0.29, 0.717) is 84.8 Å². The van der Waals surface area contributed by atoms with Crippen LogP contribution < -0.4 is 9.64 Å². The summed E-state index contributed by atoms with van der Waals surface area (Å²) in [5.41, 5.74) is 1.83. The summed E-state index contributed by atoms with van der Waals surface area (Å²) in [4.78, 5) is 27.1. The Bertz CT molecular complexity index is 1970. The number of aromatic amines is 1. The normalized spacial score (nSPS) is 25.3. The Morgan fingerprint density at radius 2 is 1.96 bits per heavy atom. The number of piperidine rings is 1. The van der Waals surface area contributed by atoms with E-state index in [2.05, 4.69) is 25.1 Å². The highest BCUT2D eigenvalue weighted by Crippen LogP contribution is 2.42. The molecule has 1 aromatic carbocycles. The van der Waals surface area contributed by atoms with Crippen LogP contribution in [0.15, 0.2) is 18.5 Å². The number of carboxylic acid groups (broad SMARTS) is 1. The number of aliphatic carboxylic acids is 1. The van der Waals surface area contributed by atoms with Gasteiger partial charge in [-0.15, -0.1) is 0 Å². The molecule has 52 heavy (non-hydrogen) atoms. The molecule has 5 aliphatic rings. The molecule has 0 radical (unpaired) electrons. The number of carbonyl (C=O) groups is 1. The van der Waals surface area contributed by atoms with Crippen molar-refractivity contribution in [3.05, 3.63) is 34.9 Å². The van der Waals surface area contributed by atoms with Gasteiger partial charge in [-0.25, -0.2) is 13.6 Å². The van der Waals surface area contributed by atoms with Crippen molar-refractivity contribution in [1.82, 2.24) is 30.0 Å². The van der Waals surface area contributed by atoms with E-state index in [1.54, 1.807) is 12.4 Å². The molecular formula is C34H37ClF5N7O5. The molecule has 18 heteroatoms. The van der Waals surface area contributed by atoms with Crippen molar-refractivity contribution in [3.63, 3.8) is 0 Å². The van der Waals surface area contributed by atoms with Crippen LogP contribution in [0.5, 0.6) is 6.01 Å². The summed E-state index contributed by atoms with van der Waals surface area (Å²) in [5.74, 6) is -2.86. The maximum absolute atomic E-state index is 17.0. The fraction of sp³-hybridized carbons (Fsp3) is 0.559. The van der Waals surface area contributed by atoms with E-state index in [1.807, 2.05) is 11.0 Å². The number of aliphatic hydroxyl groups is 1. The second kappa shape index (κ2) is 14.5. The topological polar surface area (TPSA) is 150 Å². The molecule has 12 nitrogen and oxygen atoms in total. The molecule has 5 aliphatic heterocycles. The highest BCUT2D eigenvalue weighted by Gasteiger charge is 2.49. The molecule has 0 aliphatic carbocycles. The van der Waals surface area contributed by atoms with Crippen molar-refractivity contribution in [3.8, 4) is 17.3 Å². The Morgan fingerprint density at radius 1 is 1.15 bits per heavy atom. The van der Waals surface area contributed by atoms with Crippen molar-refractivity contribution in [1.29, 1.82) is 0 Å². The number of H-pyrrole nitrogens is 1. The molecule has 4 aromatic rings. The molecule has 3 fully saturated rings. The highest BCUT2D eigenvalue weighted by atomic mass is 35.5. The quantitative estimate of drug-likeness (QED) is 0.228. The van der Waals surface area contributed by atoms with E-state index in [1.165, 1.54) is 0 Å². The molecule has 3 N–H and O–H groups in total. The predicted octanol–water partition coefficient (Wildman–Crippen LogP) is 5.49. The van der Waals surface area contributed by atoms with Crippen LogP contribution in [0.4, 0.5) is 27.8 Å². The number of pyridine rings is 1. The molecule has 8 heterocycles. The molecule has 6 bridgehead atoms. The van der Waals surface area contributed by atoms with Gasteiger partial charge in [-0.1, -0.05) is 11.6 Å². The molecule has 280 valence electrons. The smallest absolute Gasteiger partial charge is 0.475 e. The molecule has 9 rings (SSSR count). The Hall–Kier alpha value is -3.93. The standard InChI is InChI=1S/C32H36ClF2N7O3.C2HF3O2/c33-24-9-25-22(12-37-40-25)26-21(24)4-1-2-7-44-16-18-8-20(43)15-41(13-18)30-23-11-36-29(26)27(35)28(23)38-31(39-30)45-17-32-5-3-6-42(32)14-19(34)10-32;3-2(4,5)1(6)7/h9,11-12,18-20,43H,1-8,10,13-17H2,(H,37,40);(H,6,7)/t18-,19+,20+,32-;/m0./s1. The second-order valence-electron chi connectivity index (χ2n) is 13.9. The van der Waals surface area contributed by atoms with Crippen molar-refractivity contribution in [2.75, 3.05) is 50.9 Å². The largest absolute Gasteiger partial charge is 0.490 e. The van der Waals surface area contributed by atoms with Gasteiger partial charge in [0.25, 0.3) is 0 Å². The molecule has 0 unspecified atom stereocenters. The maximum Gasteiger partial charge on any atom is 0.490 e. The minimum absolute atomic E-state index is 0.0193. The average molecular weight is 754 g/mol. The highest BCUT2D eigenvalue weighted by molar-refractivity contribution is 6.33. The summed E-state index contributed by atoms with van der Waals surface area (Å²) in [6.45, 7) is 3.40. The first-order valence-electron chi connectivity index (χ1n) is 17.2. The Morgan fingerprint density at radius 3 is 2.75 bits per heavy atom. The van der Waals surface area contributed by atoms with Crippen LogP contribution in [0, 0.1) is 11.7 Å². The molecule has 4 atom stereocenters. The molecule has 0 spiro atoms. The monoisotopic (exact) mass is 753 g/mol. The number of nitrogens with zero attached hydrogens (tertiary/aromatic N) is 6. The zero-order valence-electron chi connectivity index (χ0n) is 27.9. The van der Waals surface area contributed by atoms with Gasteiger partial charge in [-0.2, -0.15) is 28.2 Å².